The van der Waals surface area contributed by atoms with Crippen molar-refractivity contribution in [1.82, 2.24) is 4.57 Å². The van der Waals surface area contributed by atoms with Crippen LogP contribution in [0.3, 0.4) is 0 Å². The van der Waals surface area contributed by atoms with E-state index in [1.165, 1.54) is 109 Å². The Kier molecular flexibility index (Phi) is 9.89. The Bertz CT molecular complexity index is 4130. The lowest BCUT2D eigenvalue weighted by atomic mass is 9.85. The molecule has 0 bridgehead atoms. The van der Waals surface area contributed by atoms with Gasteiger partial charge in [0.05, 0.1) is 11.0 Å². The normalized spacial score (nSPS) is 13.7. The van der Waals surface area contributed by atoms with Crippen LogP contribution in [-0.2, 0) is 0 Å². The number of hydrogen-bond acceptors (Lipinski definition) is 2. The summed E-state index contributed by atoms with van der Waals surface area (Å²) >= 11 is 1.86. The molecule has 2 heterocycles. The molecular weight excluding hydrogens is 877 g/mol. The first kappa shape index (κ1) is 41.2. The number of benzene rings is 10. The van der Waals surface area contributed by atoms with Gasteiger partial charge in [0.25, 0.3) is 0 Å². The first-order valence-corrected chi connectivity index (χ1v) is 25.4. The summed E-state index contributed by atoms with van der Waals surface area (Å²) in [6.07, 6.45) is 8.89. The van der Waals surface area contributed by atoms with Crippen LogP contribution in [0.1, 0.15) is 29.5 Å². The molecule has 0 atom stereocenters. The molecule has 334 valence electrons. The van der Waals surface area contributed by atoms with E-state index >= 15 is 0 Å². The number of para-hydroxylation sites is 1. The number of allylic oxidation sites excluding steroid dienone is 5. The predicted octanol–water partition coefficient (Wildman–Crippen LogP) is 19.2. The molecule has 2 nitrogen and oxygen atoms in total. The van der Waals surface area contributed by atoms with Crippen molar-refractivity contribution < 1.29 is 0 Å². The fourth-order valence-electron chi connectivity index (χ4n) is 11.3. The average molecular weight is 923 g/mol. The summed E-state index contributed by atoms with van der Waals surface area (Å²) in [5.41, 5.74) is 22.1. The molecular formula is C68H46N2S. The average Bonchev–Trinajstić information content (AvgIpc) is 4.09. The first-order chi connectivity index (χ1) is 35.2. The monoisotopic (exact) mass is 922 g/mol. The number of anilines is 3. The second kappa shape index (κ2) is 17.0. The minimum Gasteiger partial charge on any atom is -0.310 e. The van der Waals surface area contributed by atoms with E-state index in [0.717, 1.165) is 35.6 Å². The molecule has 0 N–H and O–H groups in total. The molecule has 14 rings (SSSR count). The van der Waals surface area contributed by atoms with Gasteiger partial charge in [-0.25, -0.2) is 0 Å². The van der Waals surface area contributed by atoms with Crippen LogP contribution in [0, 0.1) is 0 Å². The van der Waals surface area contributed by atoms with Crippen molar-refractivity contribution >= 4 is 81.5 Å². The quantitative estimate of drug-likeness (QED) is 0.147. The molecule has 2 aromatic heterocycles. The van der Waals surface area contributed by atoms with Crippen LogP contribution in [0.2, 0.25) is 0 Å². The molecule has 0 unspecified atom stereocenters. The van der Waals surface area contributed by atoms with Crippen molar-refractivity contribution in [2.45, 2.75) is 12.8 Å². The van der Waals surface area contributed by atoms with Gasteiger partial charge in [-0.3, -0.25) is 0 Å². The minimum atomic E-state index is 1.01. The molecule has 2 aliphatic rings. The largest absolute Gasteiger partial charge is 0.310 e. The van der Waals surface area contributed by atoms with Gasteiger partial charge >= 0.3 is 0 Å². The van der Waals surface area contributed by atoms with Gasteiger partial charge in [0.2, 0.25) is 0 Å². The molecule has 0 spiro atoms. The number of fused-ring (bicyclic) bond motifs is 9. The van der Waals surface area contributed by atoms with Crippen molar-refractivity contribution in [1.29, 1.82) is 0 Å². The van der Waals surface area contributed by atoms with Crippen LogP contribution in [-0.4, -0.2) is 4.57 Å². The lowest BCUT2D eigenvalue weighted by molar-refractivity contribution is 0.996. The fraction of sp³-hybridized carbons (Fsp3) is 0.0294. The van der Waals surface area contributed by atoms with Crippen LogP contribution < -0.4 is 4.90 Å². The Morgan fingerprint density at radius 3 is 1.83 bits per heavy atom. The smallest absolute Gasteiger partial charge is 0.0541 e. The Morgan fingerprint density at radius 1 is 0.408 bits per heavy atom. The van der Waals surface area contributed by atoms with Gasteiger partial charge in [-0.05, 0) is 158 Å². The molecule has 0 saturated heterocycles. The summed E-state index contributed by atoms with van der Waals surface area (Å²) in [7, 11) is 0. The van der Waals surface area contributed by atoms with Crippen LogP contribution in [0.25, 0.3) is 92.2 Å². The molecule has 12 aromatic rings. The van der Waals surface area contributed by atoms with E-state index in [0.29, 0.717) is 0 Å². The highest BCUT2D eigenvalue weighted by Gasteiger charge is 2.29. The van der Waals surface area contributed by atoms with Gasteiger partial charge in [0.1, 0.15) is 0 Å². The lowest BCUT2D eigenvalue weighted by Crippen LogP contribution is -2.10. The summed E-state index contributed by atoms with van der Waals surface area (Å²) in [5.74, 6) is 0. The van der Waals surface area contributed by atoms with Crippen LogP contribution >= 0.6 is 11.3 Å². The van der Waals surface area contributed by atoms with Crippen molar-refractivity contribution in [3.05, 3.63) is 277 Å². The molecule has 2 aliphatic carbocycles. The first-order valence-electron chi connectivity index (χ1n) is 24.6. The third-order valence-electron chi connectivity index (χ3n) is 14.6. The van der Waals surface area contributed by atoms with Gasteiger partial charge in [0, 0.05) is 53.7 Å². The van der Waals surface area contributed by atoms with Gasteiger partial charge < -0.3 is 9.47 Å². The number of thiophene rings is 1. The zero-order valence-corrected chi connectivity index (χ0v) is 39.8. The van der Waals surface area contributed by atoms with Crippen LogP contribution in [0.15, 0.2) is 260 Å². The molecule has 0 amide bonds. The molecule has 0 saturated carbocycles. The minimum absolute atomic E-state index is 1.01. The number of aromatic nitrogens is 1. The van der Waals surface area contributed by atoms with E-state index in [4.69, 9.17) is 0 Å². The van der Waals surface area contributed by atoms with E-state index in [2.05, 4.69) is 264 Å². The summed E-state index contributed by atoms with van der Waals surface area (Å²) in [6, 6.07) is 87.5. The summed E-state index contributed by atoms with van der Waals surface area (Å²) in [5, 5.41) is 5.06. The number of rotatable bonds is 8. The van der Waals surface area contributed by atoms with E-state index in [9.17, 15) is 0 Å². The molecule has 0 aliphatic heterocycles. The zero-order valence-electron chi connectivity index (χ0n) is 39.0. The standard InChI is InChI=1S/C68H46N2S/c1-4-16-45(17-5-1)46-28-35-52(36-29-46)70-63-26-14-12-23-57(63)60-42-50(32-40-64(60)70)47-30-33-51(34-31-47)69(54-38-41-66-61(43-54)58-24-13-15-27-65(58)71-66)53-37-39-56-55-22-10-11-25-59(55)68(62(56)44-53)67(48-18-6-2-7-19-48)49-20-8-3-9-21-49/h1-8,10-20,22-44H,9,21H2/b68-67+. The van der Waals surface area contributed by atoms with Crippen LogP contribution in [0.5, 0.6) is 0 Å². The predicted molar refractivity (Wildman–Crippen MR) is 303 cm³/mol. The second-order valence-corrected chi connectivity index (χ2v) is 19.8. The highest BCUT2D eigenvalue weighted by molar-refractivity contribution is 7.25. The fourth-order valence-corrected chi connectivity index (χ4v) is 12.4. The number of hydrogen-bond donors (Lipinski definition) is 0. The van der Waals surface area contributed by atoms with Crippen molar-refractivity contribution in [3.8, 4) is 39.1 Å². The van der Waals surface area contributed by atoms with Crippen molar-refractivity contribution in [2.24, 2.45) is 0 Å². The highest BCUT2D eigenvalue weighted by atomic mass is 32.1. The third-order valence-corrected chi connectivity index (χ3v) is 15.8. The van der Waals surface area contributed by atoms with E-state index in [1.807, 2.05) is 11.3 Å². The molecule has 71 heavy (non-hydrogen) atoms. The van der Waals surface area contributed by atoms with Crippen molar-refractivity contribution in [3.63, 3.8) is 0 Å². The maximum atomic E-state index is 2.46. The molecule has 3 heteroatoms. The third kappa shape index (κ3) is 7.00. The summed E-state index contributed by atoms with van der Waals surface area (Å²) in [6.45, 7) is 0. The highest BCUT2D eigenvalue weighted by Crippen LogP contribution is 2.52. The van der Waals surface area contributed by atoms with E-state index in [-0.39, 0.29) is 0 Å². The van der Waals surface area contributed by atoms with Gasteiger partial charge in [0.15, 0.2) is 0 Å². The number of nitrogens with zero attached hydrogens (tertiary/aromatic N) is 2. The van der Waals surface area contributed by atoms with Gasteiger partial charge in [-0.1, -0.05) is 176 Å². The Balaban J connectivity index is 0.907. The van der Waals surface area contributed by atoms with E-state index in [1.54, 1.807) is 0 Å². The Hall–Kier alpha value is -8.76. The molecule has 0 radical (unpaired) electrons. The van der Waals surface area contributed by atoms with Crippen LogP contribution in [0.4, 0.5) is 17.1 Å². The molecule has 0 fully saturated rings. The lowest BCUT2D eigenvalue weighted by Gasteiger charge is -2.27. The maximum Gasteiger partial charge on any atom is 0.0541 e. The second-order valence-electron chi connectivity index (χ2n) is 18.7. The Morgan fingerprint density at radius 2 is 1.01 bits per heavy atom. The van der Waals surface area contributed by atoms with Gasteiger partial charge in [-0.2, -0.15) is 0 Å². The Labute approximate surface area is 417 Å². The zero-order chi connectivity index (χ0) is 46.8. The SMILES string of the molecule is C1=CCCC(/C(=C2\c3ccccc3-c3ccc(N(c4ccc(-c5ccc6c(c5)c5ccccc5n6-c5ccc(-c6ccccc6)cc5)cc4)c4ccc5sc6ccccc6c5c4)cc32)c2ccccc2)=C1. The van der Waals surface area contributed by atoms with Gasteiger partial charge in [-0.15, -0.1) is 11.3 Å². The maximum absolute atomic E-state index is 2.46. The van der Waals surface area contributed by atoms with E-state index < -0.39 is 0 Å². The molecule has 10 aromatic carbocycles. The topological polar surface area (TPSA) is 8.17 Å². The summed E-state index contributed by atoms with van der Waals surface area (Å²) < 4.78 is 5.00. The summed E-state index contributed by atoms with van der Waals surface area (Å²) in [4.78, 5) is 2.46. The van der Waals surface area contributed by atoms with Crippen molar-refractivity contribution in [2.75, 3.05) is 4.90 Å².